The van der Waals surface area contributed by atoms with Gasteiger partial charge in [0.25, 0.3) is 0 Å². The summed E-state index contributed by atoms with van der Waals surface area (Å²) in [6.07, 6.45) is 4.98. The minimum absolute atomic E-state index is 0.817. The Labute approximate surface area is 158 Å². The van der Waals surface area contributed by atoms with Crippen LogP contribution in [0.3, 0.4) is 0 Å². The third kappa shape index (κ3) is 11.7. The molecule has 1 aromatic heterocycles. The normalized spacial score (nSPS) is 11.6. The molecule has 148 valence electrons. The standard InChI is InChI=1S/C19H36N6O/c1-4-20-19(24-14-16-25(2)15-9-17-26-3)23-13-8-7-12-22-18-10-5-6-11-21-18/h5-6,10-11H,4,7-9,12-17H2,1-3H3,(H,21,22)(H2,20,23,24). The first kappa shape index (κ1) is 22.2. The molecule has 0 atom stereocenters. The highest BCUT2D eigenvalue weighted by Crippen LogP contribution is 2.00. The summed E-state index contributed by atoms with van der Waals surface area (Å²) >= 11 is 0. The maximum absolute atomic E-state index is 5.08. The molecule has 0 amide bonds. The molecule has 7 heteroatoms. The van der Waals surface area contributed by atoms with Crippen molar-refractivity contribution in [1.82, 2.24) is 20.5 Å². The van der Waals surface area contributed by atoms with Crippen LogP contribution in [0, 0.1) is 0 Å². The van der Waals surface area contributed by atoms with E-state index in [1.165, 1.54) is 0 Å². The molecule has 0 spiro atoms. The first-order valence-electron chi connectivity index (χ1n) is 9.60. The van der Waals surface area contributed by atoms with Crippen LogP contribution < -0.4 is 16.0 Å². The Hall–Kier alpha value is -1.86. The molecule has 0 aliphatic carbocycles. The lowest BCUT2D eigenvalue weighted by Crippen LogP contribution is -2.41. The van der Waals surface area contributed by atoms with E-state index < -0.39 is 0 Å². The Morgan fingerprint density at radius 1 is 1.15 bits per heavy atom. The van der Waals surface area contributed by atoms with Crippen molar-refractivity contribution in [3.05, 3.63) is 24.4 Å². The van der Waals surface area contributed by atoms with Gasteiger partial charge in [0.2, 0.25) is 0 Å². The summed E-state index contributed by atoms with van der Waals surface area (Å²) < 4.78 is 5.08. The molecule has 1 rings (SSSR count). The van der Waals surface area contributed by atoms with E-state index in [2.05, 4.69) is 44.8 Å². The monoisotopic (exact) mass is 364 g/mol. The number of aromatic nitrogens is 1. The number of aliphatic imine (C=N–C) groups is 1. The van der Waals surface area contributed by atoms with E-state index in [-0.39, 0.29) is 0 Å². The number of pyridine rings is 1. The molecule has 0 saturated heterocycles. The fourth-order valence-corrected chi connectivity index (χ4v) is 2.41. The minimum Gasteiger partial charge on any atom is -0.385 e. The van der Waals surface area contributed by atoms with Gasteiger partial charge in [-0.1, -0.05) is 6.07 Å². The third-order valence-electron chi connectivity index (χ3n) is 3.84. The average molecular weight is 365 g/mol. The van der Waals surface area contributed by atoms with Crippen LogP contribution in [-0.4, -0.2) is 75.9 Å². The van der Waals surface area contributed by atoms with Gasteiger partial charge in [-0.25, -0.2) is 4.98 Å². The van der Waals surface area contributed by atoms with E-state index in [0.29, 0.717) is 0 Å². The van der Waals surface area contributed by atoms with E-state index in [1.54, 1.807) is 13.3 Å². The highest BCUT2D eigenvalue weighted by atomic mass is 16.5. The van der Waals surface area contributed by atoms with Gasteiger partial charge in [0.1, 0.15) is 5.82 Å². The highest BCUT2D eigenvalue weighted by molar-refractivity contribution is 5.79. The maximum Gasteiger partial charge on any atom is 0.191 e. The smallest absolute Gasteiger partial charge is 0.191 e. The predicted molar refractivity (Wildman–Crippen MR) is 110 cm³/mol. The molecule has 1 aromatic rings. The minimum atomic E-state index is 0.817. The van der Waals surface area contributed by atoms with E-state index in [9.17, 15) is 0 Å². The topological polar surface area (TPSA) is 73.8 Å². The second-order valence-corrected chi connectivity index (χ2v) is 6.19. The van der Waals surface area contributed by atoms with Gasteiger partial charge in [0, 0.05) is 59.2 Å². The Kier molecular flexibility index (Phi) is 13.1. The summed E-state index contributed by atoms with van der Waals surface area (Å²) in [5.41, 5.74) is 0. The lowest BCUT2D eigenvalue weighted by Gasteiger charge is -2.18. The molecule has 26 heavy (non-hydrogen) atoms. The van der Waals surface area contributed by atoms with Gasteiger partial charge in [-0.2, -0.15) is 0 Å². The van der Waals surface area contributed by atoms with E-state index in [4.69, 9.17) is 4.74 Å². The van der Waals surface area contributed by atoms with Crippen molar-refractivity contribution < 1.29 is 4.74 Å². The molecular weight excluding hydrogens is 328 g/mol. The second kappa shape index (κ2) is 15.4. The SMILES string of the molecule is CCNC(=NCCCCNc1ccccn1)NCCN(C)CCCOC. The number of methoxy groups -OCH3 is 1. The summed E-state index contributed by atoms with van der Waals surface area (Å²) in [5.74, 6) is 1.83. The molecule has 0 aliphatic heterocycles. The largest absolute Gasteiger partial charge is 0.385 e. The van der Waals surface area contributed by atoms with Crippen molar-refractivity contribution in [3.8, 4) is 0 Å². The van der Waals surface area contributed by atoms with Crippen LogP contribution in [0.4, 0.5) is 5.82 Å². The van der Waals surface area contributed by atoms with Gasteiger partial charge in [0.05, 0.1) is 0 Å². The van der Waals surface area contributed by atoms with Gasteiger partial charge in [-0.3, -0.25) is 4.99 Å². The van der Waals surface area contributed by atoms with E-state index >= 15 is 0 Å². The van der Waals surface area contributed by atoms with Crippen molar-refractivity contribution in [2.24, 2.45) is 4.99 Å². The highest BCUT2D eigenvalue weighted by Gasteiger charge is 2.00. The van der Waals surface area contributed by atoms with Crippen molar-refractivity contribution in [1.29, 1.82) is 0 Å². The van der Waals surface area contributed by atoms with Gasteiger partial charge >= 0.3 is 0 Å². The number of guanidine groups is 1. The van der Waals surface area contributed by atoms with Gasteiger partial charge in [-0.05, 0) is 45.4 Å². The molecule has 0 saturated carbocycles. The van der Waals surface area contributed by atoms with E-state index in [1.807, 2.05) is 18.2 Å². The van der Waals surface area contributed by atoms with Crippen LogP contribution in [-0.2, 0) is 4.74 Å². The third-order valence-corrected chi connectivity index (χ3v) is 3.84. The lowest BCUT2D eigenvalue weighted by atomic mass is 10.3. The van der Waals surface area contributed by atoms with Crippen LogP contribution in [0.5, 0.6) is 0 Å². The van der Waals surface area contributed by atoms with Crippen LogP contribution in [0.2, 0.25) is 0 Å². The summed E-state index contributed by atoms with van der Waals surface area (Å²) in [6, 6.07) is 5.90. The molecular formula is C19H36N6O. The average Bonchev–Trinajstić information content (AvgIpc) is 2.65. The van der Waals surface area contributed by atoms with Crippen molar-refractivity contribution in [2.75, 3.05) is 65.3 Å². The van der Waals surface area contributed by atoms with E-state index in [0.717, 1.165) is 76.9 Å². The van der Waals surface area contributed by atoms with Gasteiger partial charge in [0.15, 0.2) is 5.96 Å². The molecule has 0 aromatic carbocycles. The number of hydrogen-bond acceptors (Lipinski definition) is 5. The first-order valence-corrected chi connectivity index (χ1v) is 9.60. The number of nitrogens with one attached hydrogen (secondary N) is 3. The van der Waals surface area contributed by atoms with Gasteiger partial charge < -0.3 is 25.6 Å². The number of unbranched alkanes of at least 4 members (excludes halogenated alkanes) is 1. The summed E-state index contributed by atoms with van der Waals surface area (Å²) in [5, 5.41) is 10.0. The van der Waals surface area contributed by atoms with Crippen molar-refractivity contribution in [2.45, 2.75) is 26.2 Å². The molecule has 0 radical (unpaired) electrons. The Morgan fingerprint density at radius 2 is 2.04 bits per heavy atom. The summed E-state index contributed by atoms with van der Waals surface area (Å²) in [6.45, 7) is 8.44. The number of anilines is 1. The second-order valence-electron chi connectivity index (χ2n) is 6.19. The molecule has 1 heterocycles. The predicted octanol–water partition coefficient (Wildman–Crippen LogP) is 1.80. The molecule has 0 aliphatic rings. The number of rotatable bonds is 14. The molecule has 0 fully saturated rings. The van der Waals surface area contributed by atoms with Gasteiger partial charge in [-0.15, -0.1) is 0 Å². The Balaban J connectivity index is 2.13. The molecule has 7 nitrogen and oxygen atoms in total. The number of hydrogen-bond donors (Lipinski definition) is 3. The summed E-state index contributed by atoms with van der Waals surface area (Å²) in [4.78, 5) is 11.2. The fourth-order valence-electron chi connectivity index (χ4n) is 2.41. The lowest BCUT2D eigenvalue weighted by molar-refractivity contribution is 0.180. The van der Waals surface area contributed by atoms with Crippen LogP contribution in [0.1, 0.15) is 26.2 Å². The quantitative estimate of drug-likeness (QED) is 0.266. The zero-order valence-electron chi connectivity index (χ0n) is 16.6. The molecule has 3 N–H and O–H groups in total. The fraction of sp³-hybridized carbons (Fsp3) is 0.684. The summed E-state index contributed by atoms with van der Waals surface area (Å²) in [7, 11) is 3.88. The number of likely N-dealkylation sites (N-methyl/N-ethyl adjacent to an activating group) is 1. The Bertz CT molecular complexity index is 468. The molecule has 0 unspecified atom stereocenters. The molecule has 0 bridgehead atoms. The van der Waals surface area contributed by atoms with Crippen LogP contribution in [0.15, 0.2) is 29.4 Å². The zero-order valence-corrected chi connectivity index (χ0v) is 16.6. The van der Waals surface area contributed by atoms with Crippen molar-refractivity contribution >= 4 is 11.8 Å². The van der Waals surface area contributed by atoms with Crippen molar-refractivity contribution in [3.63, 3.8) is 0 Å². The van der Waals surface area contributed by atoms with Crippen LogP contribution >= 0.6 is 0 Å². The zero-order chi connectivity index (χ0) is 18.9. The number of ether oxygens (including phenoxy) is 1. The number of nitrogens with zero attached hydrogens (tertiary/aromatic N) is 3. The maximum atomic E-state index is 5.08. The van der Waals surface area contributed by atoms with Crippen LogP contribution in [0.25, 0.3) is 0 Å². The first-order chi connectivity index (χ1) is 12.8. The Morgan fingerprint density at radius 3 is 2.77 bits per heavy atom.